The van der Waals surface area contributed by atoms with E-state index in [-0.39, 0.29) is 29.8 Å². The largest absolute Gasteiger partial charge is 0.352 e. The first kappa shape index (κ1) is 15.9. The van der Waals surface area contributed by atoms with Crippen LogP contribution in [0.1, 0.15) is 41.0 Å². The Bertz CT molecular complexity index is 266. The van der Waals surface area contributed by atoms with Crippen LogP contribution in [0.5, 0.6) is 0 Å². The van der Waals surface area contributed by atoms with Crippen LogP contribution in [-0.2, 0) is 9.59 Å². The summed E-state index contributed by atoms with van der Waals surface area (Å²) in [5, 5.41) is 5.48. The molecule has 17 heavy (non-hydrogen) atoms. The molecule has 0 aromatic heterocycles. The van der Waals surface area contributed by atoms with Gasteiger partial charge in [-0.25, -0.2) is 0 Å². The number of rotatable bonds is 6. The number of carbonyl (C=O) groups excluding carboxylic acids is 2. The van der Waals surface area contributed by atoms with Crippen molar-refractivity contribution in [1.29, 1.82) is 0 Å². The van der Waals surface area contributed by atoms with Crippen molar-refractivity contribution < 1.29 is 9.59 Å². The zero-order chi connectivity index (χ0) is 13.6. The lowest BCUT2D eigenvalue weighted by Gasteiger charge is -2.20. The van der Waals surface area contributed by atoms with Crippen molar-refractivity contribution in [2.75, 3.05) is 0 Å². The molecular formula is C12H25N3O2. The van der Waals surface area contributed by atoms with Gasteiger partial charge in [0.2, 0.25) is 11.8 Å². The molecule has 2 amide bonds. The first-order valence-corrected chi connectivity index (χ1v) is 6.15. The van der Waals surface area contributed by atoms with Crippen LogP contribution in [0.4, 0.5) is 0 Å². The Morgan fingerprint density at radius 1 is 1.06 bits per heavy atom. The van der Waals surface area contributed by atoms with Gasteiger partial charge in [-0.15, -0.1) is 0 Å². The lowest BCUT2D eigenvalue weighted by molar-refractivity contribution is -0.131. The van der Waals surface area contributed by atoms with Crippen LogP contribution in [0, 0.1) is 5.92 Å². The molecule has 0 rings (SSSR count). The van der Waals surface area contributed by atoms with Crippen molar-refractivity contribution in [2.24, 2.45) is 11.7 Å². The highest BCUT2D eigenvalue weighted by molar-refractivity contribution is 5.88. The Hall–Kier alpha value is -1.10. The molecule has 0 saturated heterocycles. The summed E-state index contributed by atoms with van der Waals surface area (Å²) in [5.41, 5.74) is 5.63. The summed E-state index contributed by atoms with van der Waals surface area (Å²) in [4.78, 5) is 23.4. The van der Waals surface area contributed by atoms with E-state index in [1.807, 2.05) is 13.8 Å². The standard InChI is InChI=1S/C12H25N3O2/c1-6-7(2)14-12(17)10(5)15-11(16)8(3)9(4)13/h7-10H,6,13H2,1-5H3,(H,14,17)(H,15,16). The second kappa shape index (κ2) is 7.27. The van der Waals surface area contributed by atoms with Gasteiger partial charge in [0, 0.05) is 18.0 Å². The third kappa shape index (κ3) is 5.68. The van der Waals surface area contributed by atoms with E-state index in [0.717, 1.165) is 6.42 Å². The van der Waals surface area contributed by atoms with E-state index in [0.29, 0.717) is 0 Å². The molecule has 0 bridgehead atoms. The molecule has 0 spiro atoms. The Morgan fingerprint density at radius 3 is 2.00 bits per heavy atom. The van der Waals surface area contributed by atoms with E-state index < -0.39 is 6.04 Å². The predicted molar refractivity (Wildman–Crippen MR) is 68.3 cm³/mol. The van der Waals surface area contributed by atoms with Gasteiger partial charge in [-0.2, -0.15) is 0 Å². The van der Waals surface area contributed by atoms with Gasteiger partial charge in [-0.05, 0) is 27.2 Å². The molecular weight excluding hydrogens is 218 g/mol. The van der Waals surface area contributed by atoms with Crippen LogP contribution in [0.25, 0.3) is 0 Å². The van der Waals surface area contributed by atoms with Crippen LogP contribution >= 0.6 is 0 Å². The van der Waals surface area contributed by atoms with Crippen LogP contribution in [0.2, 0.25) is 0 Å². The Morgan fingerprint density at radius 2 is 1.59 bits per heavy atom. The maximum Gasteiger partial charge on any atom is 0.242 e. The van der Waals surface area contributed by atoms with Crippen LogP contribution in [0.3, 0.4) is 0 Å². The van der Waals surface area contributed by atoms with Crippen LogP contribution in [0.15, 0.2) is 0 Å². The predicted octanol–water partition coefficient (Wildman–Crippen LogP) is 0.389. The van der Waals surface area contributed by atoms with Gasteiger partial charge >= 0.3 is 0 Å². The van der Waals surface area contributed by atoms with E-state index in [1.54, 1.807) is 20.8 Å². The molecule has 0 aliphatic heterocycles. The first-order valence-electron chi connectivity index (χ1n) is 6.15. The fourth-order valence-corrected chi connectivity index (χ4v) is 1.12. The number of carbonyl (C=O) groups is 2. The summed E-state index contributed by atoms with van der Waals surface area (Å²) < 4.78 is 0. The van der Waals surface area contributed by atoms with E-state index in [9.17, 15) is 9.59 Å². The SMILES string of the molecule is CCC(C)NC(=O)C(C)NC(=O)C(C)C(C)N. The minimum atomic E-state index is -0.530. The normalized spacial score (nSPS) is 17.8. The quantitative estimate of drug-likeness (QED) is 0.631. The molecule has 4 atom stereocenters. The van der Waals surface area contributed by atoms with Crippen LogP contribution < -0.4 is 16.4 Å². The van der Waals surface area contributed by atoms with E-state index >= 15 is 0 Å². The number of amides is 2. The van der Waals surface area contributed by atoms with Gasteiger partial charge in [0.05, 0.1) is 0 Å². The van der Waals surface area contributed by atoms with Crippen molar-refractivity contribution in [2.45, 2.75) is 59.2 Å². The average molecular weight is 243 g/mol. The minimum Gasteiger partial charge on any atom is -0.352 e. The Labute approximate surface area is 104 Å². The third-order valence-electron chi connectivity index (χ3n) is 2.96. The van der Waals surface area contributed by atoms with Gasteiger partial charge in [0.1, 0.15) is 6.04 Å². The Balaban J connectivity index is 4.21. The minimum absolute atomic E-state index is 0.118. The fourth-order valence-electron chi connectivity index (χ4n) is 1.12. The average Bonchev–Trinajstić information content (AvgIpc) is 2.27. The molecule has 0 fully saturated rings. The molecule has 0 aliphatic rings. The lowest BCUT2D eigenvalue weighted by atomic mass is 10.0. The maximum atomic E-state index is 11.7. The van der Waals surface area contributed by atoms with E-state index in [1.165, 1.54) is 0 Å². The molecule has 0 aromatic rings. The molecule has 0 saturated carbocycles. The molecule has 5 heteroatoms. The summed E-state index contributed by atoms with van der Waals surface area (Å²) in [6, 6.07) is -0.634. The summed E-state index contributed by atoms with van der Waals surface area (Å²) in [6.45, 7) is 9.11. The van der Waals surface area contributed by atoms with Crippen LogP contribution in [-0.4, -0.2) is 29.9 Å². The fraction of sp³-hybridized carbons (Fsp3) is 0.833. The highest BCUT2D eigenvalue weighted by atomic mass is 16.2. The second-order valence-corrected chi connectivity index (χ2v) is 4.70. The topological polar surface area (TPSA) is 84.2 Å². The van der Waals surface area contributed by atoms with Crippen molar-refractivity contribution in [3.63, 3.8) is 0 Å². The lowest BCUT2D eigenvalue weighted by Crippen LogP contribution is -2.50. The van der Waals surface area contributed by atoms with Crippen molar-refractivity contribution >= 4 is 11.8 Å². The number of hydrogen-bond donors (Lipinski definition) is 3. The zero-order valence-corrected chi connectivity index (χ0v) is 11.4. The number of nitrogens with two attached hydrogens (primary N) is 1. The summed E-state index contributed by atoms with van der Waals surface area (Å²) in [7, 11) is 0. The smallest absolute Gasteiger partial charge is 0.242 e. The number of hydrogen-bond acceptors (Lipinski definition) is 3. The highest BCUT2D eigenvalue weighted by Crippen LogP contribution is 2.00. The molecule has 100 valence electrons. The summed E-state index contributed by atoms with van der Waals surface area (Å²) in [5.74, 6) is -0.648. The van der Waals surface area contributed by atoms with Gasteiger partial charge in [0.15, 0.2) is 0 Å². The summed E-state index contributed by atoms with van der Waals surface area (Å²) in [6.07, 6.45) is 0.864. The highest BCUT2D eigenvalue weighted by Gasteiger charge is 2.22. The van der Waals surface area contributed by atoms with Crippen molar-refractivity contribution in [3.8, 4) is 0 Å². The van der Waals surface area contributed by atoms with Crippen molar-refractivity contribution in [3.05, 3.63) is 0 Å². The second-order valence-electron chi connectivity index (χ2n) is 4.70. The monoisotopic (exact) mass is 243 g/mol. The van der Waals surface area contributed by atoms with Gasteiger partial charge in [-0.3, -0.25) is 9.59 Å². The van der Waals surface area contributed by atoms with Crippen molar-refractivity contribution in [1.82, 2.24) is 10.6 Å². The first-order chi connectivity index (χ1) is 7.79. The molecule has 4 unspecified atom stereocenters. The van der Waals surface area contributed by atoms with Gasteiger partial charge < -0.3 is 16.4 Å². The molecule has 0 heterocycles. The molecule has 0 aliphatic carbocycles. The molecule has 5 nitrogen and oxygen atoms in total. The molecule has 0 radical (unpaired) electrons. The van der Waals surface area contributed by atoms with E-state index in [2.05, 4.69) is 10.6 Å². The zero-order valence-electron chi connectivity index (χ0n) is 11.4. The van der Waals surface area contributed by atoms with Gasteiger partial charge in [0.25, 0.3) is 0 Å². The summed E-state index contributed by atoms with van der Waals surface area (Å²) >= 11 is 0. The van der Waals surface area contributed by atoms with E-state index in [4.69, 9.17) is 5.73 Å². The Kier molecular flexibility index (Phi) is 6.80. The maximum absolute atomic E-state index is 11.7. The number of nitrogens with one attached hydrogen (secondary N) is 2. The third-order valence-corrected chi connectivity index (χ3v) is 2.96. The van der Waals surface area contributed by atoms with Gasteiger partial charge in [-0.1, -0.05) is 13.8 Å². The molecule has 4 N–H and O–H groups in total. The molecule has 0 aromatic carbocycles.